The quantitative estimate of drug-likeness (QED) is 0.418. The van der Waals surface area contributed by atoms with E-state index in [1.54, 1.807) is 12.1 Å². The fourth-order valence-electron chi connectivity index (χ4n) is 1.63. The lowest BCUT2D eigenvalue weighted by Gasteiger charge is -2.08. The molecule has 0 radical (unpaired) electrons. The van der Waals surface area contributed by atoms with Crippen molar-refractivity contribution >= 4 is 32.7 Å². The Morgan fingerprint density at radius 2 is 2.10 bits per heavy atom. The second kappa shape index (κ2) is 6.18. The molecule has 0 spiro atoms. The zero-order chi connectivity index (χ0) is 15.5. The second-order valence-electron chi connectivity index (χ2n) is 3.99. The Kier molecular flexibility index (Phi) is 4.53. The Hall–Kier alpha value is -2.01. The van der Waals surface area contributed by atoms with Crippen LogP contribution in [0.4, 0.5) is 11.4 Å². The van der Waals surface area contributed by atoms with Crippen molar-refractivity contribution in [3.05, 3.63) is 50.7 Å². The number of thiophene rings is 1. The number of nitrogen functional groups attached to an aromatic ring is 1. The van der Waals surface area contributed by atoms with Gasteiger partial charge in [-0.1, -0.05) is 6.07 Å². The number of hydrogen-bond donors (Lipinski definition) is 3. The summed E-state index contributed by atoms with van der Waals surface area (Å²) in [6.45, 7) is 0.0774. The van der Waals surface area contributed by atoms with Crippen LogP contribution >= 0.6 is 11.3 Å². The molecule has 2 rings (SSSR count). The van der Waals surface area contributed by atoms with E-state index in [1.807, 2.05) is 5.38 Å². The van der Waals surface area contributed by atoms with Gasteiger partial charge in [0, 0.05) is 17.5 Å². The lowest BCUT2D eigenvalue weighted by atomic mass is 10.3. The average molecular weight is 328 g/mol. The molecular formula is C11H12N4O4S2. The molecule has 0 fully saturated rings. The fraction of sp³-hybridized carbons (Fsp3) is 0.0909. The Morgan fingerprint density at radius 1 is 1.33 bits per heavy atom. The largest absolute Gasteiger partial charge is 0.324 e. The summed E-state index contributed by atoms with van der Waals surface area (Å²) >= 11 is 1.39. The number of nitrogens with one attached hydrogen (secondary N) is 2. The van der Waals surface area contributed by atoms with Crippen molar-refractivity contribution in [2.24, 2.45) is 5.84 Å². The summed E-state index contributed by atoms with van der Waals surface area (Å²) in [6.07, 6.45) is 0. The molecule has 10 heteroatoms. The predicted molar refractivity (Wildman–Crippen MR) is 79.3 cm³/mol. The monoisotopic (exact) mass is 328 g/mol. The van der Waals surface area contributed by atoms with Crippen molar-refractivity contribution in [3.63, 3.8) is 0 Å². The minimum absolute atomic E-state index is 0.0774. The maximum absolute atomic E-state index is 12.2. The van der Waals surface area contributed by atoms with Gasteiger partial charge in [-0.05, 0) is 23.6 Å². The number of hydrazine groups is 1. The molecule has 0 bridgehead atoms. The fourth-order valence-corrected chi connectivity index (χ4v) is 3.53. The highest BCUT2D eigenvalue weighted by Gasteiger charge is 2.26. The van der Waals surface area contributed by atoms with Crippen LogP contribution in [-0.2, 0) is 16.6 Å². The minimum atomic E-state index is -3.99. The van der Waals surface area contributed by atoms with Gasteiger partial charge in [-0.15, -0.1) is 11.3 Å². The normalized spacial score (nSPS) is 11.3. The number of sulfonamides is 1. The van der Waals surface area contributed by atoms with Crippen molar-refractivity contribution in [3.8, 4) is 0 Å². The van der Waals surface area contributed by atoms with Crippen molar-refractivity contribution in [2.75, 3.05) is 5.43 Å². The van der Waals surface area contributed by atoms with Crippen LogP contribution in [-0.4, -0.2) is 13.3 Å². The first kappa shape index (κ1) is 15.4. The van der Waals surface area contributed by atoms with Gasteiger partial charge in [0.2, 0.25) is 10.0 Å². The van der Waals surface area contributed by atoms with Crippen LogP contribution in [0.25, 0.3) is 0 Å². The van der Waals surface area contributed by atoms with Crippen molar-refractivity contribution < 1.29 is 13.3 Å². The summed E-state index contributed by atoms with van der Waals surface area (Å²) in [5, 5.41) is 12.8. The first-order valence-electron chi connectivity index (χ1n) is 5.71. The summed E-state index contributed by atoms with van der Waals surface area (Å²) < 4.78 is 26.7. The van der Waals surface area contributed by atoms with Gasteiger partial charge in [-0.2, -0.15) is 0 Å². The molecule has 0 atom stereocenters. The van der Waals surface area contributed by atoms with Crippen LogP contribution in [0.3, 0.4) is 0 Å². The zero-order valence-corrected chi connectivity index (χ0v) is 12.3. The van der Waals surface area contributed by atoms with Gasteiger partial charge in [-0.25, -0.2) is 13.1 Å². The molecule has 1 aromatic heterocycles. The van der Waals surface area contributed by atoms with Crippen LogP contribution in [0.1, 0.15) is 4.88 Å². The van der Waals surface area contributed by atoms with Gasteiger partial charge in [0.15, 0.2) is 4.90 Å². The van der Waals surface area contributed by atoms with E-state index < -0.39 is 25.5 Å². The number of nitrogens with zero attached hydrogens (tertiary/aromatic N) is 1. The molecule has 0 unspecified atom stereocenters. The maximum Gasteiger partial charge on any atom is 0.291 e. The van der Waals surface area contributed by atoms with E-state index in [-0.39, 0.29) is 12.2 Å². The number of rotatable bonds is 6. The van der Waals surface area contributed by atoms with E-state index >= 15 is 0 Å². The molecule has 8 nitrogen and oxygen atoms in total. The van der Waals surface area contributed by atoms with Crippen LogP contribution in [0.2, 0.25) is 0 Å². The van der Waals surface area contributed by atoms with Gasteiger partial charge >= 0.3 is 0 Å². The number of nitro benzene ring substituents is 1. The summed E-state index contributed by atoms with van der Waals surface area (Å²) in [4.78, 5) is 10.7. The van der Waals surface area contributed by atoms with Crippen molar-refractivity contribution in [1.82, 2.24) is 4.72 Å². The van der Waals surface area contributed by atoms with E-state index in [9.17, 15) is 18.5 Å². The van der Waals surface area contributed by atoms with E-state index in [2.05, 4.69) is 10.1 Å². The maximum atomic E-state index is 12.2. The van der Waals surface area contributed by atoms with Gasteiger partial charge in [0.1, 0.15) is 0 Å². The molecule has 1 heterocycles. The van der Waals surface area contributed by atoms with Gasteiger partial charge in [-0.3, -0.25) is 16.0 Å². The van der Waals surface area contributed by atoms with Crippen LogP contribution in [0.15, 0.2) is 40.6 Å². The molecule has 112 valence electrons. The summed E-state index contributed by atoms with van der Waals surface area (Å²) in [7, 11) is -3.99. The molecule has 1 aromatic carbocycles. The highest BCUT2D eigenvalue weighted by atomic mass is 32.2. The van der Waals surface area contributed by atoms with Gasteiger partial charge in [0.25, 0.3) is 5.69 Å². The standard InChI is InChI=1S/C11H12N4O4S2/c12-14-8-3-4-11(10(6-8)15(16)17)21(18,19)13-7-9-2-1-5-20-9/h1-6,13-14H,7,12H2. The Morgan fingerprint density at radius 3 is 2.67 bits per heavy atom. The average Bonchev–Trinajstić information content (AvgIpc) is 2.98. The Balaban J connectivity index is 2.32. The zero-order valence-electron chi connectivity index (χ0n) is 10.6. The minimum Gasteiger partial charge on any atom is -0.324 e. The molecule has 0 amide bonds. The van der Waals surface area contributed by atoms with E-state index in [0.29, 0.717) is 0 Å². The number of hydrogen-bond acceptors (Lipinski definition) is 7. The third kappa shape index (κ3) is 3.55. The topological polar surface area (TPSA) is 127 Å². The molecule has 21 heavy (non-hydrogen) atoms. The highest BCUT2D eigenvalue weighted by Crippen LogP contribution is 2.27. The number of benzene rings is 1. The number of anilines is 1. The van der Waals surface area contributed by atoms with Crippen LogP contribution < -0.4 is 16.0 Å². The van der Waals surface area contributed by atoms with E-state index in [0.717, 1.165) is 17.0 Å². The van der Waals surface area contributed by atoms with Gasteiger partial charge < -0.3 is 5.43 Å². The molecular weight excluding hydrogens is 316 g/mol. The Labute approximate surface area is 124 Å². The molecule has 0 aliphatic carbocycles. The summed E-state index contributed by atoms with van der Waals surface area (Å²) in [6, 6.07) is 7.12. The lowest BCUT2D eigenvalue weighted by molar-refractivity contribution is -0.387. The Bertz CT molecular complexity index is 744. The van der Waals surface area contributed by atoms with Crippen molar-refractivity contribution in [2.45, 2.75) is 11.4 Å². The summed E-state index contributed by atoms with van der Waals surface area (Å²) in [5.74, 6) is 5.16. The first-order valence-corrected chi connectivity index (χ1v) is 8.07. The second-order valence-corrected chi connectivity index (χ2v) is 6.76. The third-order valence-corrected chi connectivity index (χ3v) is 4.95. The molecule has 0 aliphatic heterocycles. The number of nitro groups is 1. The molecule has 0 aliphatic rings. The number of nitrogens with two attached hydrogens (primary N) is 1. The molecule has 0 saturated carbocycles. The SMILES string of the molecule is NNc1ccc(S(=O)(=O)NCc2cccs2)c([N+](=O)[O-])c1. The van der Waals surface area contributed by atoms with Crippen LogP contribution in [0.5, 0.6) is 0 Å². The molecule has 0 saturated heterocycles. The smallest absolute Gasteiger partial charge is 0.291 e. The van der Waals surface area contributed by atoms with Crippen molar-refractivity contribution in [1.29, 1.82) is 0 Å². The highest BCUT2D eigenvalue weighted by molar-refractivity contribution is 7.89. The summed E-state index contributed by atoms with van der Waals surface area (Å²) in [5.41, 5.74) is 1.95. The van der Waals surface area contributed by atoms with Crippen LogP contribution in [0, 0.1) is 10.1 Å². The molecule has 2 aromatic rings. The van der Waals surface area contributed by atoms with E-state index in [1.165, 1.54) is 17.4 Å². The lowest BCUT2D eigenvalue weighted by Crippen LogP contribution is -2.23. The first-order chi connectivity index (χ1) is 9.94. The molecule has 4 N–H and O–H groups in total. The van der Waals surface area contributed by atoms with Gasteiger partial charge in [0.05, 0.1) is 10.6 Å². The van der Waals surface area contributed by atoms with E-state index in [4.69, 9.17) is 5.84 Å². The predicted octanol–water partition coefficient (Wildman–Crippen LogP) is 1.42. The third-order valence-electron chi connectivity index (χ3n) is 2.63.